The van der Waals surface area contributed by atoms with Gasteiger partial charge < -0.3 is 43.4 Å². The van der Waals surface area contributed by atoms with E-state index in [0.29, 0.717) is 97.5 Å². The molecule has 12 aromatic rings. The first kappa shape index (κ1) is 78.1. The van der Waals surface area contributed by atoms with E-state index < -0.39 is 36.3 Å². The predicted octanol–water partition coefficient (Wildman–Crippen LogP) is 15.6. The van der Waals surface area contributed by atoms with Gasteiger partial charge in [0.1, 0.15) is 19.6 Å². The zero-order valence-electron chi connectivity index (χ0n) is 59.2. The van der Waals surface area contributed by atoms with Crippen molar-refractivity contribution >= 4 is 173 Å². The Hall–Kier alpha value is -9.07. The normalized spacial score (nSPS) is 11.2. The number of hydrogen-bond donors (Lipinski definition) is 2. The number of carbonyl (C=O) groups excluding carboxylic acids is 1. The number of anilines is 3. The minimum atomic E-state index is -2.20. The number of carboxylic acid groups (broad SMARTS) is 2. The molecule has 0 spiro atoms. The third-order valence-electron chi connectivity index (χ3n) is 18.0. The summed E-state index contributed by atoms with van der Waals surface area (Å²) in [5, 5.41) is 46.7. The molecule has 26 heteroatoms. The van der Waals surface area contributed by atoms with Gasteiger partial charge in [-0.15, -0.1) is 0 Å². The van der Waals surface area contributed by atoms with E-state index >= 15 is 0 Å². The van der Waals surface area contributed by atoms with Gasteiger partial charge in [0.2, 0.25) is 0 Å². The monoisotopic (exact) mass is 1620 g/mol. The molecular formula is C77H82BrCl3N12O9Sn. The number of halogens is 4. The summed E-state index contributed by atoms with van der Waals surface area (Å²) in [6.45, 7) is 8.35. The fraction of sp³-hybridized carbons (Fsp3) is 0.299. The molecule has 0 amide bonds. The van der Waals surface area contributed by atoms with Crippen molar-refractivity contribution in [2.75, 3.05) is 63.6 Å². The average molecular weight is 1620 g/mol. The molecule has 0 fully saturated rings. The van der Waals surface area contributed by atoms with Crippen molar-refractivity contribution in [3.8, 4) is 22.3 Å². The van der Waals surface area contributed by atoms with Crippen molar-refractivity contribution < 1.29 is 29.3 Å². The molecule has 0 aliphatic carbocycles. The number of benzene rings is 6. The molecule has 0 bridgehead atoms. The quantitative estimate of drug-likeness (QED) is 0.0363. The largest absolute Gasteiger partial charge is 0.480 e. The van der Waals surface area contributed by atoms with Gasteiger partial charge in [-0.3, -0.25) is 28.8 Å². The Morgan fingerprint density at radius 2 is 0.796 bits per heavy atom. The number of carbonyl (C=O) groups is 3. The molecule has 0 atom stereocenters. The van der Waals surface area contributed by atoms with Crippen LogP contribution in [0.15, 0.2) is 165 Å². The third-order valence-corrected chi connectivity index (χ3v) is 35.0. The molecule has 0 saturated carbocycles. The first-order chi connectivity index (χ1) is 49.4. The number of unbranched alkanes of at least 4 members (excludes halogenated alkanes) is 3. The van der Waals surface area contributed by atoms with Crippen molar-refractivity contribution in [3.63, 3.8) is 0 Å². The van der Waals surface area contributed by atoms with Gasteiger partial charge in [-0.1, -0.05) is 62.9 Å². The van der Waals surface area contributed by atoms with Gasteiger partial charge in [0.05, 0.1) is 96.6 Å². The van der Waals surface area contributed by atoms with Crippen LogP contribution in [0, 0.1) is 0 Å². The smallest absolute Gasteiger partial charge is 0.325 e. The molecule has 0 saturated heterocycles. The Bertz CT molecular complexity index is 5260. The van der Waals surface area contributed by atoms with E-state index in [9.17, 15) is 39.0 Å². The van der Waals surface area contributed by atoms with E-state index in [0.717, 1.165) is 26.7 Å². The van der Waals surface area contributed by atoms with Crippen LogP contribution in [-0.4, -0.2) is 140 Å². The molecule has 536 valence electrons. The number of aromatic nitrogens is 9. The molecule has 6 aromatic carbocycles. The summed E-state index contributed by atoms with van der Waals surface area (Å²) in [6, 6.07) is 32.0. The van der Waals surface area contributed by atoms with Crippen LogP contribution in [0.5, 0.6) is 0 Å². The van der Waals surface area contributed by atoms with E-state index in [-0.39, 0.29) is 42.5 Å². The van der Waals surface area contributed by atoms with Crippen LogP contribution < -0.4 is 34.6 Å². The van der Waals surface area contributed by atoms with Gasteiger partial charge in [0, 0.05) is 90.2 Å². The fourth-order valence-corrected chi connectivity index (χ4v) is 30.2. The summed E-state index contributed by atoms with van der Waals surface area (Å²) >= 11 is 20.4. The Morgan fingerprint density at radius 3 is 1.13 bits per heavy atom. The van der Waals surface area contributed by atoms with Gasteiger partial charge in [-0.05, 0) is 109 Å². The van der Waals surface area contributed by atoms with Gasteiger partial charge in [-0.2, -0.15) is 20.4 Å². The first-order valence-electron chi connectivity index (χ1n) is 33.8. The van der Waals surface area contributed by atoms with E-state index in [1.165, 1.54) is 51.8 Å². The van der Waals surface area contributed by atoms with Gasteiger partial charge >= 0.3 is 141 Å². The van der Waals surface area contributed by atoms with E-state index in [4.69, 9.17) is 39.5 Å². The fourth-order valence-electron chi connectivity index (χ4n) is 13.3. The second kappa shape index (κ2) is 35.4. The standard InChI is InChI=1S/C23H21ClN4O3.C21H17ClN4O3.C17H14BrClN2O3.C4H3N2.3C4H9.Sn/c1-4-31-20(29)13-28-19-11-14(15-9-10-25-26-12-15)5-6-16(19)23(30)17-7-8-18(24)22(21(17)28)27(2)3;1-25(2)20-16(22)6-5-15-19(20)26(11-18(27)28)17-9-12(3-4-14(17)21(15)29)13-7-8-23-24-10-13;1-20(2)16-12(19)6-5-11-15(16)21(8-14(22)23)13-7-9(18)3-4-10(13)17(11)24;1-2-4-6-5-3-1;3*1-3-4-2;/h5-12H,4,13H2,1-3H3;3-10H,11H2,1-2H3,(H,27,28);3-7H,8H2,1-2H3,(H,22,23);1,3-4H;3*1,3-4H2,2H3;. The minimum Gasteiger partial charge on any atom is -0.480 e. The molecule has 12 rings (SSSR count). The molecular weight excluding hydrogens is 1540 g/mol. The molecule has 0 aliphatic rings. The summed E-state index contributed by atoms with van der Waals surface area (Å²) in [5.74, 6) is -2.41. The number of rotatable bonds is 22. The second-order valence-corrected chi connectivity index (χ2v) is 40.9. The topological polar surface area (TPSA) is 254 Å². The molecule has 0 unspecified atom stereocenters. The van der Waals surface area contributed by atoms with Gasteiger partial charge in [-0.25, -0.2) is 0 Å². The van der Waals surface area contributed by atoms with Gasteiger partial charge in [0.15, 0.2) is 16.3 Å². The van der Waals surface area contributed by atoms with Crippen LogP contribution in [0.1, 0.15) is 66.2 Å². The molecule has 0 aliphatic heterocycles. The average Bonchev–Trinajstić information content (AvgIpc) is 0.749. The van der Waals surface area contributed by atoms with E-state index in [1.54, 1.807) is 161 Å². The van der Waals surface area contributed by atoms with Crippen LogP contribution >= 0.6 is 50.7 Å². The van der Waals surface area contributed by atoms with Crippen molar-refractivity contribution in [3.05, 3.63) is 197 Å². The zero-order valence-corrected chi connectivity index (χ0v) is 65.9. The zero-order chi connectivity index (χ0) is 74.4. The van der Waals surface area contributed by atoms with Crippen LogP contribution in [0.4, 0.5) is 17.1 Å². The summed E-state index contributed by atoms with van der Waals surface area (Å²) < 4.78 is 17.2. The predicted molar refractivity (Wildman–Crippen MR) is 423 cm³/mol. The summed E-state index contributed by atoms with van der Waals surface area (Å²) in [7, 11) is 10.9. The number of esters is 1. The van der Waals surface area contributed by atoms with Crippen LogP contribution in [0.2, 0.25) is 28.4 Å². The maximum Gasteiger partial charge on any atom is 0.325 e. The van der Waals surface area contributed by atoms with Gasteiger partial charge in [0.25, 0.3) is 0 Å². The SMILES string of the molecule is CCC[CH2][Sn]([CH2]CCC)([CH2]CCC)[c]1ccnnc1.CCOC(=O)Cn1c2cc(-c3ccnnc3)ccc2c(=O)c2ccc(Cl)c(N(C)C)c21.CN(C)c1c(Cl)ccc2c(=O)c3ccc(-c4ccnnc4)cc3n(CC(=O)O)c12.CN(C)c1c(Cl)ccc2c(=O)c3ccc(Br)cc3n(CC(=O)O)c12. The van der Waals surface area contributed by atoms with Crippen molar-refractivity contribution in [2.24, 2.45) is 0 Å². The minimum absolute atomic E-state index is 0.0552. The number of fused-ring (bicyclic) bond motifs is 6. The number of aliphatic carboxylic acids is 2. The number of nitrogens with zero attached hydrogens (tertiary/aromatic N) is 12. The third kappa shape index (κ3) is 17.6. The second-order valence-electron chi connectivity index (χ2n) is 25.5. The number of ether oxygens (including phenoxy) is 1. The Morgan fingerprint density at radius 1 is 0.447 bits per heavy atom. The Kier molecular flexibility index (Phi) is 26.8. The number of carboxylic acids is 2. The van der Waals surface area contributed by atoms with E-state index in [1.807, 2.05) is 54.0 Å². The summed E-state index contributed by atoms with van der Waals surface area (Å²) in [6.07, 6.45) is 18.7. The molecule has 6 aromatic heterocycles. The summed E-state index contributed by atoms with van der Waals surface area (Å²) in [5.41, 5.74) is 8.06. The molecule has 103 heavy (non-hydrogen) atoms. The molecule has 21 nitrogen and oxygen atoms in total. The van der Waals surface area contributed by atoms with Crippen molar-refractivity contribution in [1.29, 1.82) is 0 Å². The molecule has 2 N–H and O–H groups in total. The maximum absolute atomic E-state index is 13.4. The van der Waals surface area contributed by atoms with Crippen molar-refractivity contribution in [1.82, 2.24) is 44.3 Å². The Labute approximate surface area is 623 Å². The van der Waals surface area contributed by atoms with Crippen molar-refractivity contribution in [2.45, 2.75) is 99.2 Å². The molecule has 0 radical (unpaired) electrons. The van der Waals surface area contributed by atoms with Crippen LogP contribution in [0.3, 0.4) is 0 Å². The number of hydrogen-bond acceptors (Lipinski definition) is 16. The Balaban J connectivity index is 0.000000162. The van der Waals surface area contributed by atoms with Crippen LogP contribution in [0.25, 0.3) is 87.7 Å². The first-order valence-corrected chi connectivity index (χ1v) is 43.3. The van der Waals surface area contributed by atoms with Crippen LogP contribution in [-0.2, 0) is 38.8 Å². The number of pyridine rings is 3. The summed E-state index contributed by atoms with van der Waals surface area (Å²) in [4.78, 5) is 80.5. The molecule has 6 heterocycles. The maximum atomic E-state index is 13.4. The van der Waals surface area contributed by atoms with E-state index in [2.05, 4.69) is 79.6 Å².